The van der Waals surface area contributed by atoms with E-state index in [0.29, 0.717) is 35.4 Å². The summed E-state index contributed by atoms with van der Waals surface area (Å²) in [5.41, 5.74) is 1.68. The highest BCUT2D eigenvalue weighted by Gasteiger charge is 2.24. The topological polar surface area (TPSA) is 129 Å². The molecule has 0 saturated carbocycles. The fraction of sp³-hybridized carbons (Fsp3) is 0.292. The number of hydrogen-bond donors (Lipinski definition) is 3. The second kappa shape index (κ2) is 12.8. The monoisotopic (exact) mass is 438 g/mol. The van der Waals surface area contributed by atoms with Crippen LogP contribution in [0.5, 0.6) is 5.75 Å². The van der Waals surface area contributed by atoms with E-state index in [-0.39, 0.29) is 19.1 Å². The van der Waals surface area contributed by atoms with Crippen LogP contribution in [-0.4, -0.2) is 35.5 Å². The molecule has 2 aromatic carbocycles. The SMILES string of the molecule is C[C@H](CC/C=C/C(=O)O)[C@H](OC(=O)Nc1ccc(C#N)cc1)c1cccc(OCCO)c1. The summed E-state index contributed by atoms with van der Waals surface area (Å²) < 4.78 is 11.2. The number of hydrogen-bond acceptors (Lipinski definition) is 6. The molecule has 0 fully saturated rings. The summed E-state index contributed by atoms with van der Waals surface area (Å²) in [6.45, 7) is 1.93. The van der Waals surface area contributed by atoms with Gasteiger partial charge in [-0.2, -0.15) is 5.26 Å². The first-order valence-corrected chi connectivity index (χ1v) is 10.1. The van der Waals surface area contributed by atoms with Crippen LogP contribution in [0.1, 0.15) is 37.0 Å². The third-order valence-electron chi connectivity index (χ3n) is 4.61. The molecule has 3 N–H and O–H groups in total. The van der Waals surface area contributed by atoms with E-state index in [1.54, 1.807) is 48.5 Å². The van der Waals surface area contributed by atoms with Crippen LogP contribution in [0.3, 0.4) is 0 Å². The number of benzene rings is 2. The van der Waals surface area contributed by atoms with Gasteiger partial charge in [0.1, 0.15) is 18.5 Å². The van der Waals surface area contributed by atoms with Crippen LogP contribution in [0.15, 0.2) is 60.7 Å². The van der Waals surface area contributed by atoms with E-state index in [0.717, 1.165) is 6.08 Å². The zero-order chi connectivity index (χ0) is 23.3. The highest BCUT2D eigenvalue weighted by atomic mass is 16.6. The Bertz CT molecular complexity index is 965. The Morgan fingerprint density at radius 3 is 2.62 bits per heavy atom. The standard InChI is InChI=1S/C24H26N2O6/c1-17(5-2-3-8-22(28)29)23(19-6-4-7-21(15-19)31-14-13-27)32-24(30)26-20-11-9-18(16-25)10-12-20/h3-4,6-12,15,17,23,27H,2,5,13-14H2,1H3,(H,26,30)(H,28,29)/b8-3+/t17-,23+/m1/s1. The molecule has 8 heteroatoms. The lowest BCUT2D eigenvalue weighted by molar-refractivity contribution is -0.131. The minimum absolute atomic E-state index is 0.122. The Kier molecular flexibility index (Phi) is 9.75. The van der Waals surface area contributed by atoms with Crippen molar-refractivity contribution in [2.24, 2.45) is 5.92 Å². The number of carboxylic acids is 1. The molecule has 0 unspecified atom stereocenters. The van der Waals surface area contributed by atoms with Crippen molar-refractivity contribution in [2.75, 3.05) is 18.5 Å². The summed E-state index contributed by atoms with van der Waals surface area (Å²) in [5, 5.41) is 29.3. The summed E-state index contributed by atoms with van der Waals surface area (Å²) in [5.74, 6) is -0.607. The first-order chi connectivity index (χ1) is 15.4. The largest absolute Gasteiger partial charge is 0.491 e. The molecule has 0 aromatic heterocycles. The van der Waals surface area contributed by atoms with Crippen molar-refractivity contribution in [3.63, 3.8) is 0 Å². The number of carbonyl (C=O) groups excluding carboxylic acids is 1. The number of ether oxygens (including phenoxy) is 2. The van der Waals surface area contributed by atoms with E-state index < -0.39 is 18.2 Å². The molecule has 0 saturated heterocycles. The lowest BCUT2D eigenvalue weighted by Crippen LogP contribution is -2.22. The van der Waals surface area contributed by atoms with E-state index in [9.17, 15) is 9.59 Å². The molecule has 2 atom stereocenters. The molecule has 0 heterocycles. The average molecular weight is 438 g/mol. The summed E-state index contributed by atoms with van der Waals surface area (Å²) in [4.78, 5) is 23.2. The van der Waals surface area contributed by atoms with Crippen LogP contribution < -0.4 is 10.1 Å². The van der Waals surface area contributed by atoms with Crippen molar-refractivity contribution in [1.29, 1.82) is 5.26 Å². The zero-order valence-corrected chi connectivity index (χ0v) is 17.7. The Balaban J connectivity index is 2.15. The van der Waals surface area contributed by atoms with Crippen LogP contribution in [0.4, 0.5) is 10.5 Å². The predicted octanol–water partition coefficient (Wildman–Crippen LogP) is 4.28. The smallest absolute Gasteiger partial charge is 0.412 e. The van der Waals surface area contributed by atoms with Crippen LogP contribution in [-0.2, 0) is 9.53 Å². The lowest BCUT2D eigenvalue weighted by Gasteiger charge is -2.25. The summed E-state index contributed by atoms with van der Waals surface area (Å²) in [6, 6.07) is 15.5. The van der Waals surface area contributed by atoms with E-state index in [1.165, 1.54) is 0 Å². The molecule has 0 aliphatic rings. The number of aliphatic carboxylic acids is 1. The third-order valence-corrected chi connectivity index (χ3v) is 4.61. The fourth-order valence-corrected chi connectivity index (χ4v) is 3.04. The van der Waals surface area contributed by atoms with Gasteiger partial charge in [0.25, 0.3) is 0 Å². The molecule has 1 amide bonds. The molecular formula is C24H26N2O6. The van der Waals surface area contributed by atoms with Crippen molar-refractivity contribution in [2.45, 2.75) is 25.9 Å². The molecule has 0 aliphatic heterocycles. The van der Waals surface area contributed by atoms with Gasteiger partial charge in [-0.15, -0.1) is 0 Å². The Morgan fingerprint density at radius 1 is 1.22 bits per heavy atom. The van der Waals surface area contributed by atoms with E-state index >= 15 is 0 Å². The van der Waals surface area contributed by atoms with E-state index in [4.69, 9.17) is 24.9 Å². The number of aliphatic hydroxyl groups excluding tert-OH is 1. The lowest BCUT2D eigenvalue weighted by atomic mass is 9.93. The molecule has 8 nitrogen and oxygen atoms in total. The molecule has 2 aromatic rings. The Morgan fingerprint density at radius 2 is 1.97 bits per heavy atom. The first-order valence-electron chi connectivity index (χ1n) is 10.1. The number of nitriles is 1. The molecule has 0 radical (unpaired) electrons. The van der Waals surface area contributed by atoms with Crippen molar-refractivity contribution in [3.05, 3.63) is 71.8 Å². The van der Waals surface area contributed by atoms with Crippen molar-refractivity contribution < 1.29 is 29.3 Å². The van der Waals surface area contributed by atoms with Gasteiger partial charge in [0, 0.05) is 11.8 Å². The minimum atomic E-state index is -1.01. The maximum atomic E-state index is 12.6. The van der Waals surface area contributed by atoms with Gasteiger partial charge < -0.3 is 19.7 Å². The molecule has 2 rings (SSSR count). The number of amides is 1. The second-order valence-corrected chi connectivity index (χ2v) is 7.08. The van der Waals surface area contributed by atoms with Crippen LogP contribution >= 0.6 is 0 Å². The normalized spacial score (nSPS) is 12.5. The van der Waals surface area contributed by atoms with Gasteiger partial charge in [-0.1, -0.05) is 25.1 Å². The molecular weight excluding hydrogens is 412 g/mol. The molecule has 0 aliphatic carbocycles. The quantitative estimate of drug-likeness (QED) is 0.447. The zero-order valence-electron chi connectivity index (χ0n) is 17.7. The van der Waals surface area contributed by atoms with Gasteiger partial charge in [-0.25, -0.2) is 9.59 Å². The van der Waals surface area contributed by atoms with Gasteiger partial charge in [-0.3, -0.25) is 5.32 Å². The van der Waals surface area contributed by atoms with Crippen LogP contribution in [0.2, 0.25) is 0 Å². The minimum Gasteiger partial charge on any atom is -0.491 e. The highest BCUT2D eigenvalue weighted by molar-refractivity contribution is 5.84. The number of rotatable bonds is 11. The number of nitrogens with one attached hydrogen (secondary N) is 1. The molecule has 0 spiro atoms. The van der Waals surface area contributed by atoms with E-state index in [2.05, 4.69) is 5.32 Å². The van der Waals surface area contributed by atoms with Gasteiger partial charge in [-0.05, 0) is 60.7 Å². The number of carbonyl (C=O) groups is 2. The van der Waals surface area contributed by atoms with Crippen LogP contribution in [0.25, 0.3) is 0 Å². The number of allylic oxidation sites excluding steroid dienone is 1. The molecule has 0 bridgehead atoms. The third kappa shape index (κ3) is 8.13. The number of carboxylic acid groups (broad SMARTS) is 1. The summed E-state index contributed by atoms with van der Waals surface area (Å²) in [7, 11) is 0. The summed E-state index contributed by atoms with van der Waals surface area (Å²) >= 11 is 0. The highest BCUT2D eigenvalue weighted by Crippen LogP contribution is 2.32. The first kappa shape index (κ1) is 24.4. The summed E-state index contributed by atoms with van der Waals surface area (Å²) in [6.07, 6.45) is 2.46. The fourth-order valence-electron chi connectivity index (χ4n) is 3.04. The van der Waals surface area contributed by atoms with Gasteiger partial charge >= 0.3 is 12.1 Å². The van der Waals surface area contributed by atoms with Crippen molar-refractivity contribution >= 4 is 17.7 Å². The van der Waals surface area contributed by atoms with Gasteiger partial charge in [0.2, 0.25) is 0 Å². The van der Waals surface area contributed by atoms with Gasteiger partial charge in [0.05, 0.1) is 18.2 Å². The predicted molar refractivity (Wildman–Crippen MR) is 118 cm³/mol. The number of nitrogens with zero attached hydrogens (tertiary/aromatic N) is 1. The van der Waals surface area contributed by atoms with Crippen molar-refractivity contribution in [3.8, 4) is 11.8 Å². The second-order valence-electron chi connectivity index (χ2n) is 7.08. The maximum Gasteiger partial charge on any atom is 0.412 e. The Hall–Kier alpha value is -3.83. The van der Waals surface area contributed by atoms with Gasteiger partial charge in [0.15, 0.2) is 0 Å². The molecule has 32 heavy (non-hydrogen) atoms. The number of anilines is 1. The average Bonchev–Trinajstić information content (AvgIpc) is 2.79. The Labute approximate surface area is 186 Å². The number of aliphatic hydroxyl groups is 1. The van der Waals surface area contributed by atoms with Crippen LogP contribution in [0, 0.1) is 17.2 Å². The maximum absolute atomic E-state index is 12.6. The van der Waals surface area contributed by atoms with Crippen molar-refractivity contribution in [1.82, 2.24) is 0 Å². The van der Waals surface area contributed by atoms with E-state index in [1.807, 2.05) is 19.1 Å². The molecule has 168 valence electrons.